The van der Waals surface area contributed by atoms with Crippen LogP contribution in [0, 0.1) is 35.0 Å². The second kappa shape index (κ2) is 4.41. The maximum absolute atomic E-state index is 10.7. The minimum atomic E-state index is -0.00910. The van der Waals surface area contributed by atoms with E-state index in [1.807, 2.05) is 7.11 Å². The van der Waals surface area contributed by atoms with Crippen LogP contribution in [0.15, 0.2) is 23.0 Å². The lowest BCUT2D eigenvalue weighted by molar-refractivity contribution is -0.0541. The van der Waals surface area contributed by atoms with Crippen LogP contribution in [0.25, 0.3) is 0 Å². The molecule has 5 rings (SSSR count). The second-order valence-corrected chi connectivity index (χ2v) is 8.77. The highest BCUT2D eigenvalue weighted by Crippen LogP contribution is 2.71. The molecule has 0 radical (unpaired) electrons. The fourth-order valence-corrected chi connectivity index (χ4v) is 6.98. The first-order chi connectivity index (χ1) is 10.6. The molecule has 22 heavy (non-hydrogen) atoms. The molecular formula is C20H28O2. The van der Waals surface area contributed by atoms with E-state index in [1.165, 1.54) is 37.9 Å². The standard InChI is InChI=1S/C20H28O2/c1-20-8-7-14-13-6-4-12(22-2)9-11(13)3-5-15(14)18(20)16-10-17(16)19(20)21/h4,14-19,21H,3,5-10H2,1-2H3/t14?,15?,16?,17?,18?,19-,20+/m1/s1. The van der Waals surface area contributed by atoms with Gasteiger partial charge in [0.15, 0.2) is 0 Å². The van der Waals surface area contributed by atoms with Crippen LogP contribution in [0.5, 0.6) is 0 Å². The number of methoxy groups -OCH3 is 1. The van der Waals surface area contributed by atoms with Crippen LogP contribution in [0.3, 0.4) is 0 Å². The van der Waals surface area contributed by atoms with Gasteiger partial charge in [-0.05, 0) is 79.6 Å². The van der Waals surface area contributed by atoms with E-state index in [9.17, 15) is 5.11 Å². The monoisotopic (exact) mass is 300 g/mol. The van der Waals surface area contributed by atoms with E-state index >= 15 is 0 Å². The molecule has 3 fully saturated rings. The number of ether oxygens (including phenoxy) is 1. The Balaban J connectivity index is 1.46. The van der Waals surface area contributed by atoms with Crippen LogP contribution in [-0.2, 0) is 4.74 Å². The number of hydrogen-bond acceptors (Lipinski definition) is 2. The SMILES string of the molecule is COC1=CCC2=C(CCC3C2CC[C@@]2(C)C3C3CC3[C@H]2O)C1. The molecule has 0 heterocycles. The summed E-state index contributed by atoms with van der Waals surface area (Å²) in [7, 11) is 1.81. The van der Waals surface area contributed by atoms with Gasteiger partial charge in [0.25, 0.3) is 0 Å². The van der Waals surface area contributed by atoms with E-state index in [1.54, 1.807) is 11.1 Å². The summed E-state index contributed by atoms with van der Waals surface area (Å²) in [5.41, 5.74) is 3.68. The molecule has 0 aromatic heterocycles. The Labute approximate surface area is 133 Å². The quantitative estimate of drug-likeness (QED) is 0.740. The van der Waals surface area contributed by atoms with Crippen molar-refractivity contribution in [3.8, 4) is 0 Å². The number of hydrogen-bond donors (Lipinski definition) is 1. The zero-order chi connectivity index (χ0) is 15.1. The molecule has 0 aromatic carbocycles. The molecule has 2 heteroatoms. The molecule has 0 saturated heterocycles. The third kappa shape index (κ3) is 1.60. The van der Waals surface area contributed by atoms with Crippen molar-refractivity contribution in [2.45, 2.75) is 58.0 Å². The van der Waals surface area contributed by atoms with Crippen molar-refractivity contribution < 1.29 is 9.84 Å². The molecule has 120 valence electrons. The lowest BCUT2D eigenvalue weighted by Crippen LogP contribution is -2.47. The summed E-state index contributed by atoms with van der Waals surface area (Å²) in [6, 6.07) is 0. The Morgan fingerprint density at radius 2 is 2.09 bits per heavy atom. The number of allylic oxidation sites excluding steroid dienone is 3. The fraction of sp³-hybridized carbons (Fsp3) is 0.800. The highest BCUT2D eigenvalue weighted by Gasteiger charge is 2.68. The largest absolute Gasteiger partial charge is 0.501 e. The minimum Gasteiger partial charge on any atom is -0.501 e. The van der Waals surface area contributed by atoms with E-state index in [2.05, 4.69) is 13.0 Å². The van der Waals surface area contributed by atoms with Crippen LogP contribution < -0.4 is 0 Å². The van der Waals surface area contributed by atoms with Gasteiger partial charge in [-0.15, -0.1) is 0 Å². The van der Waals surface area contributed by atoms with Crippen molar-refractivity contribution in [3.05, 3.63) is 23.0 Å². The third-order valence-corrected chi connectivity index (χ3v) is 8.05. The Bertz CT molecular complexity index is 574. The van der Waals surface area contributed by atoms with Crippen molar-refractivity contribution in [1.82, 2.24) is 0 Å². The van der Waals surface area contributed by atoms with Gasteiger partial charge in [-0.3, -0.25) is 0 Å². The van der Waals surface area contributed by atoms with Crippen LogP contribution in [-0.4, -0.2) is 18.3 Å². The van der Waals surface area contributed by atoms with Gasteiger partial charge in [-0.1, -0.05) is 18.1 Å². The minimum absolute atomic E-state index is 0.00910. The molecular weight excluding hydrogens is 272 g/mol. The summed E-state index contributed by atoms with van der Waals surface area (Å²) in [5, 5.41) is 10.7. The first kappa shape index (κ1) is 13.7. The maximum atomic E-state index is 10.7. The van der Waals surface area contributed by atoms with E-state index in [0.717, 1.165) is 36.5 Å². The van der Waals surface area contributed by atoms with Gasteiger partial charge < -0.3 is 9.84 Å². The lowest BCUT2D eigenvalue weighted by atomic mass is 9.53. The Morgan fingerprint density at radius 3 is 2.91 bits per heavy atom. The molecule has 3 saturated carbocycles. The summed E-state index contributed by atoms with van der Waals surface area (Å²) in [4.78, 5) is 0. The Hall–Kier alpha value is -0.760. The van der Waals surface area contributed by atoms with Crippen LogP contribution in [0.2, 0.25) is 0 Å². The lowest BCUT2D eigenvalue weighted by Gasteiger charge is -2.52. The van der Waals surface area contributed by atoms with Gasteiger partial charge >= 0.3 is 0 Å². The normalized spacial score (nSPS) is 52.2. The maximum Gasteiger partial charge on any atom is 0.0959 e. The molecule has 0 bridgehead atoms. The molecule has 2 nitrogen and oxygen atoms in total. The van der Waals surface area contributed by atoms with Crippen LogP contribution in [0.4, 0.5) is 0 Å². The van der Waals surface area contributed by atoms with E-state index in [4.69, 9.17) is 4.74 Å². The molecule has 1 N–H and O–H groups in total. The van der Waals surface area contributed by atoms with Crippen molar-refractivity contribution in [1.29, 1.82) is 0 Å². The van der Waals surface area contributed by atoms with Gasteiger partial charge in [-0.25, -0.2) is 0 Å². The summed E-state index contributed by atoms with van der Waals surface area (Å²) in [6.45, 7) is 2.40. The first-order valence-corrected chi connectivity index (χ1v) is 9.25. The van der Waals surface area contributed by atoms with Crippen molar-refractivity contribution in [2.75, 3.05) is 7.11 Å². The third-order valence-electron chi connectivity index (χ3n) is 8.05. The molecule has 5 aliphatic carbocycles. The number of rotatable bonds is 1. The molecule has 5 aliphatic rings. The van der Waals surface area contributed by atoms with Gasteiger partial charge in [0.2, 0.25) is 0 Å². The molecule has 0 aromatic rings. The highest BCUT2D eigenvalue weighted by molar-refractivity contribution is 5.33. The fourth-order valence-electron chi connectivity index (χ4n) is 6.98. The van der Waals surface area contributed by atoms with Crippen molar-refractivity contribution >= 4 is 0 Å². The molecule has 0 amide bonds. The smallest absolute Gasteiger partial charge is 0.0959 e. The highest BCUT2D eigenvalue weighted by atomic mass is 16.5. The summed E-state index contributed by atoms with van der Waals surface area (Å²) in [5.74, 6) is 5.13. The molecule has 0 spiro atoms. The molecule has 7 atom stereocenters. The number of aliphatic hydroxyl groups excluding tert-OH is 1. The van der Waals surface area contributed by atoms with Gasteiger partial charge in [0.1, 0.15) is 0 Å². The summed E-state index contributed by atoms with van der Waals surface area (Å²) in [6.07, 6.45) is 11.0. The topological polar surface area (TPSA) is 29.5 Å². The Kier molecular flexibility index (Phi) is 2.74. The predicted octanol–water partition coefficient (Wildman–Crippen LogP) is 4.06. The number of fused-ring (bicyclic) bond motifs is 6. The van der Waals surface area contributed by atoms with E-state index in [-0.39, 0.29) is 11.5 Å². The second-order valence-electron chi connectivity index (χ2n) is 8.77. The van der Waals surface area contributed by atoms with Crippen molar-refractivity contribution in [2.24, 2.45) is 35.0 Å². The van der Waals surface area contributed by atoms with Gasteiger partial charge in [0, 0.05) is 6.42 Å². The average molecular weight is 300 g/mol. The molecule has 0 aliphatic heterocycles. The average Bonchev–Trinajstić information content (AvgIpc) is 3.28. The van der Waals surface area contributed by atoms with Crippen molar-refractivity contribution in [3.63, 3.8) is 0 Å². The van der Waals surface area contributed by atoms with Gasteiger partial charge in [0.05, 0.1) is 19.0 Å². The first-order valence-electron chi connectivity index (χ1n) is 9.25. The van der Waals surface area contributed by atoms with E-state index < -0.39 is 0 Å². The number of aliphatic hydroxyl groups is 1. The van der Waals surface area contributed by atoms with Crippen LogP contribution >= 0.6 is 0 Å². The zero-order valence-electron chi connectivity index (χ0n) is 13.8. The Morgan fingerprint density at radius 1 is 1.23 bits per heavy atom. The summed E-state index contributed by atoms with van der Waals surface area (Å²) < 4.78 is 5.49. The zero-order valence-corrected chi connectivity index (χ0v) is 13.8. The van der Waals surface area contributed by atoms with Gasteiger partial charge in [-0.2, -0.15) is 0 Å². The van der Waals surface area contributed by atoms with Crippen LogP contribution in [0.1, 0.15) is 51.9 Å². The predicted molar refractivity (Wildman–Crippen MR) is 86.0 cm³/mol. The van der Waals surface area contributed by atoms with E-state index in [0.29, 0.717) is 5.92 Å². The molecule has 5 unspecified atom stereocenters. The summed E-state index contributed by atoms with van der Waals surface area (Å²) >= 11 is 0.